The van der Waals surface area contributed by atoms with E-state index >= 15 is 0 Å². The van der Waals surface area contributed by atoms with E-state index in [0.29, 0.717) is 21.3 Å². The summed E-state index contributed by atoms with van der Waals surface area (Å²) < 4.78 is 0.840. The highest BCUT2D eigenvalue weighted by molar-refractivity contribution is 9.10. The van der Waals surface area contributed by atoms with Gasteiger partial charge in [-0.05, 0) is 37.0 Å². The maximum atomic E-state index is 12.4. The molecular formula is C14H16Br2ClNO. The molecule has 1 heterocycles. The second kappa shape index (κ2) is 6.59. The first-order chi connectivity index (χ1) is 8.97. The Morgan fingerprint density at radius 2 is 2.00 bits per heavy atom. The molecule has 1 amide bonds. The molecular weight excluding hydrogens is 393 g/mol. The van der Waals surface area contributed by atoms with E-state index in [1.165, 1.54) is 0 Å². The fraction of sp³-hybridized carbons (Fsp3) is 0.500. The molecule has 0 aromatic heterocycles. The summed E-state index contributed by atoms with van der Waals surface area (Å²) in [6.07, 6.45) is 2.11. The van der Waals surface area contributed by atoms with E-state index in [1.807, 2.05) is 11.0 Å². The number of alkyl halides is 1. The second-order valence-corrected chi connectivity index (χ2v) is 7.76. The third kappa shape index (κ3) is 3.96. The van der Waals surface area contributed by atoms with Crippen molar-refractivity contribution < 1.29 is 4.79 Å². The van der Waals surface area contributed by atoms with Crippen LogP contribution in [0.15, 0.2) is 22.7 Å². The minimum Gasteiger partial charge on any atom is -0.339 e. The zero-order valence-electron chi connectivity index (χ0n) is 10.7. The average molecular weight is 410 g/mol. The number of nitrogens with zero attached hydrogens (tertiary/aromatic N) is 1. The molecule has 1 aliphatic rings. The quantitative estimate of drug-likeness (QED) is 0.646. The summed E-state index contributed by atoms with van der Waals surface area (Å²) in [5.41, 5.74) is 0.657. The van der Waals surface area contributed by atoms with Gasteiger partial charge in [0.1, 0.15) is 0 Å². The minimum atomic E-state index is 0.0730. The third-order valence-corrected chi connectivity index (χ3v) is 5.01. The summed E-state index contributed by atoms with van der Waals surface area (Å²) in [5, 5.41) is 0.585. The van der Waals surface area contributed by atoms with Crippen molar-refractivity contribution in [1.82, 2.24) is 4.90 Å². The molecule has 104 valence electrons. The van der Waals surface area contributed by atoms with Crippen LogP contribution < -0.4 is 0 Å². The van der Waals surface area contributed by atoms with Gasteiger partial charge in [-0.15, -0.1) is 0 Å². The number of likely N-dealkylation sites (tertiary alicyclic amines) is 1. The molecule has 0 aliphatic carbocycles. The number of hydrogen-bond acceptors (Lipinski definition) is 1. The fourth-order valence-electron chi connectivity index (χ4n) is 2.42. The minimum absolute atomic E-state index is 0.0730. The van der Waals surface area contributed by atoms with Crippen LogP contribution in [0.2, 0.25) is 5.02 Å². The van der Waals surface area contributed by atoms with Crippen LogP contribution in [-0.4, -0.2) is 28.7 Å². The molecule has 0 spiro atoms. The summed E-state index contributed by atoms with van der Waals surface area (Å²) in [6.45, 7) is 3.82. The van der Waals surface area contributed by atoms with E-state index < -0.39 is 0 Å². The summed E-state index contributed by atoms with van der Waals surface area (Å²) in [7, 11) is 0. The smallest absolute Gasteiger partial charge is 0.253 e. The Bertz CT molecular complexity index is 450. The van der Waals surface area contributed by atoms with Crippen molar-refractivity contribution in [2.24, 2.45) is 5.92 Å². The molecule has 0 bridgehead atoms. The number of piperidine rings is 1. The fourth-order valence-corrected chi connectivity index (χ4v) is 3.81. The SMILES string of the molecule is CC(Br)C1CCN(C(=O)c2cc(Cl)cc(Br)c2)CC1. The van der Waals surface area contributed by atoms with Gasteiger partial charge in [-0.3, -0.25) is 4.79 Å². The molecule has 0 N–H and O–H groups in total. The van der Waals surface area contributed by atoms with Gasteiger partial charge in [-0.2, -0.15) is 0 Å². The van der Waals surface area contributed by atoms with Crippen LogP contribution in [-0.2, 0) is 0 Å². The summed E-state index contributed by atoms with van der Waals surface area (Å²) in [4.78, 5) is 14.9. The van der Waals surface area contributed by atoms with Gasteiger partial charge in [0.05, 0.1) is 0 Å². The van der Waals surface area contributed by atoms with Crippen molar-refractivity contribution >= 4 is 49.4 Å². The van der Waals surface area contributed by atoms with Crippen molar-refractivity contribution in [1.29, 1.82) is 0 Å². The van der Waals surface area contributed by atoms with Gasteiger partial charge in [-0.1, -0.05) is 50.4 Å². The Hall–Kier alpha value is -0.0600. The average Bonchev–Trinajstić information content (AvgIpc) is 2.37. The molecule has 5 heteroatoms. The van der Waals surface area contributed by atoms with E-state index in [0.717, 1.165) is 30.4 Å². The van der Waals surface area contributed by atoms with E-state index in [1.54, 1.807) is 12.1 Å². The van der Waals surface area contributed by atoms with Gasteiger partial charge in [0.25, 0.3) is 5.91 Å². The Labute approximate surface area is 135 Å². The largest absolute Gasteiger partial charge is 0.339 e. The van der Waals surface area contributed by atoms with Gasteiger partial charge in [0, 0.05) is 33.0 Å². The third-order valence-electron chi connectivity index (χ3n) is 3.59. The van der Waals surface area contributed by atoms with Gasteiger partial charge in [-0.25, -0.2) is 0 Å². The predicted molar refractivity (Wildman–Crippen MR) is 86.2 cm³/mol. The van der Waals surface area contributed by atoms with Crippen LogP contribution >= 0.6 is 43.5 Å². The molecule has 1 aromatic rings. The predicted octanol–water partition coefficient (Wildman–Crippen LogP) is 4.74. The normalized spacial score (nSPS) is 18.4. The van der Waals surface area contributed by atoms with Crippen LogP contribution in [0.4, 0.5) is 0 Å². The molecule has 0 saturated carbocycles. The first kappa shape index (κ1) is 15.3. The first-order valence-electron chi connectivity index (χ1n) is 6.37. The summed E-state index contributed by atoms with van der Waals surface area (Å²) >= 11 is 13.0. The molecule has 1 fully saturated rings. The lowest BCUT2D eigenvalue weighted by molar-refractivity contribution is 0.0691. The molecule has 2 rings (SSSR count). The lowest BCUT2D eigenvalue weighted by Crippen LogP contribution is -2.39. The zero-order valence-corrected chi connectivity index (χ0v) is 14.6. The molecule has 0 radical (unpaired) electrons. The Morgan fingerprint density at radius 3 is 2.53 bits per heavy atom. The molecule has 19 heavy (non-hydrogen) atoms. The van der Waals surface area contributed by atoms with E-state index in [9.17, 15) is 4.79 Å². The summed E-state index contributed by atoms with van der Waals surface area (Å²) in [5.74, 6) is 0.735. The topological polar surface area (TPSA) is 20.3 Å². The first-order valence-corrected chi connectivity index (χ1v) is 8.45. The zero-order chi connectivity index (χ0) is 14.0. The lowest BCUT2D eigenvalue weighted by atomic mass is 9.94. The number of carbonyl (C=O) groups is 1. The van der Waals surface area contributed by atoms with Crippen molar-refractivity contribution in [2.45, 2.75) is 24.6 Å². The maximum absolute atomic E-state index is 12.4. The molecule has 1 atom stereocenters. The molecule has 1 aliphatic heterocycles. The second-order valence-electron chi connectivity index (χ2n) is 4.97. The Kier molecular flexibility index (Phi) is 5.32. The van der Waals surface area contributed by atoms with Gasteiger partial charge in [0.15, 0.2) is 0 Å². The standard InChI is InChI=1S/C14H16Br2ClNO/c1-9(15)10-2-4-18(5-3-10)14(19)11-6-12(16)8-13(17)7-11/h6-10H,2-5H2,1H3. The van der Waals surface area contributed by atoms with Crippen LogP contribution in [0, 0.1) is 5.92 Å². The maximum Gasteiger partial charge on any atom is 0.253 e. The Balaban J connectivity index is 2.05. The monoisotopic (exact) mass is 407 g/mol. The molecule has 1 saturated heterocycles. The highest BCUT2D eigenvalue weighted by Crippen LogP contribution is 2.27. The van der Waals surface area contributed by atoms with Crippen LogP contribution in [0.1, 0.15) is 30.1 Å². The van der Waals surface area contributed by atoms with Crippen LogP contribution in [0.25, 0.3) is 0 Å². The van der Waals surface area contributed by atoms with Crippen molar-refractivity contribution in [2.75, 3.05) is 13.1 Å². The number of benzene rings is 1. The van der Waals surface area contributed by atoms with Crippen molar-refractivity contribution in [3.8, 4) is 0 Å². The highest BCUT2D eigenvalue weighted by atomic mass is 79.9. The highest BCUT2D eigenvalue weighted by Gasteiger charge is 2.26. The van der Waals surface area contributed by atoms with Crippen molar-refractivity contribution in [3.63, 3.8) is 0 Å². The number of hydrogen-bond donors (Lipinski definition) is 0. The van der Waals surface area contributed by atoms with E-state index in [2.05, 4.69) is 38.8 Å². The van der Waals surface area contributed by atoms with Crippen LogP contribution in [0.5, 0.6) is 0 Å². The van der Waals surface area contributed by atoms with E-state index in [4.69, 9.17) is 11.6 Å². The lowest BCUT2D eigenvalue weighted by Gasteiger charge is -2.33. The van der Waals surface area contributed by atoms with E-state index in [-0.39, 0.29) is 5.91 Å². The Morgan fingerprint density at radius 1 is 1.37 bits per heavy atom. The number of halogens is 3. The number of amides is 1. The van der Waals surface area contributed by atoms with Crippen LogP contribution in [0.3, 0.4) is 0 Å². The van der Waals surface area contributed by atoms with Gasteiger partial charge >= 0.3 is 0 Å². The number of carbonyl (C=O) groups excluding carboxylic acids is 1. The number of rotatable bonds is 2. The molecule has 1 aromatic carbocycles. The molecule has 1 unspecified atom stereocenters. The summed E-state index contributed by atoms with van der Waals surface area (Å²) in [6, 6.07) is 5.35. The molecule has 2 nitrogen and oxygen atoms in total. The van der Waals surface area contributed by atoms with Gasteiger partial charge in [0.2, 0.25) is 0 Å². The van der Waals surface area contributed by atoms with Gasteiger partial charge < -0.3 is 4.90 Å². The van der Waals surface area contributed by atoms with Crippen molar-refractivity contribution in [3.05, 3.63) is 33.3 Å².